The van der Waals surface area contributed by atoms with Crippen molar-refractivity contribution in [2.75, 3.05) is 13.1 Å². The summed E-state index contributed by atoms with van der Waals surface area (Å²) in [5, 5.41) is 3.78. The zero-order valence-corrected chi connectivity index (χ0v) is 14.0. The highest BCUT2D eigenvalue weighted by atomic mass is 15.2. The molecule has 0 radical (unpaired) electrons. The van der Waals surface area contributed by atoms with E-state index in [-0.39, 0.29) is 0 Å². The Hall–Kier alpha value is -0.930. The maximum absolute atomic E-state index is 4.26. The van der Waals surface area contributed by atoms with Crippen LogP contribution in [0.1, 0.15) is 46.1 Å². The van der Waals surface area contributed by atoms with Crippen molar-refractivity contribution < 1.29 is 0 Å². The molecule has 0 bridgehead atoms. The first-order chi connectivity index (χ1) is 10.1. The van der Waals surface area contributed by atoms with Gasteiger partial charge in [0.1, 0.15) is 0 Å². The molecule has 1 fully saturated rings. The highest BCUT2D eigenvalue weighted by Gasteiger charge is 2.30. The average Bonchev–Trinajstić information content (AvgIpc) is 2.49. The molecule has 1 N–H and O–H groups in total. The van der Waals surface area contributed by atoms with E-state index in [0.717, 1.165) is 31.5 Å². The lowest BCUT2D eigenvalue weighted by atomic mass is 9.92. The summed E-state index contributed by atoms with van der Waals surface area (Å²) in [7, 11) is 0. The van der Waals surface area contributed by atoms with E-state index in [9.17, 15) is 0 Å². The zero-order chi connectivity index (χ0) is 15.2. The normalized spacial score (nSPS) is 25.2. The van der Waals surface area contributed by atoms with Gasteiger partial charge in [0.05, 0.1) is 0 Å². The first-order valence-corrected chi connectivity index (χ1v) is 8.46. The molecule has 3 heteroatoms. The van der Waals surface area contributed by atoms with Crippen molar-refractivity contribution in [1.82, 2.24) is 15.2 Å². The molecule has 3 nitrogen and oxygen atoms in total. The van der Waals surface area contributed by atoms with E-state index in [4.69, 9.17) is 0 Å². The van der Waals surface area contributed by atoms with E-state index >= 15 is 0 Å². The summed E-state index contributed by atoms with van der Waals surface area (Å²) in [4.78, 5) is 6.94. The van der Waals surface area contributed by atoms with Crippen LogP contribution in [0.25, 0.3) is 0 Å². The summed E-state index contributed by atoms with van der Waals surface area (Å²) in [6.07, 6.45) is 6.37. The molecule has 21 heavy (non-hydrogen) atoms. The Kier molecular flexibility index (Phi) is 6.19. The number of piperazine rings is 1. The third-order valence-electron chi connectivity index (χ3n) is 4.75. The van der Waals surface area contributed by atoms with Crippen molar-refractivity contribution in [3.63, 3.8) is 0 Å². The summed E-state index contributed by atoms with van der Waals surface area (Å²) >= 11 is 0. The average molecular weight is 289 g/mol. The van der Waals surface area contributed by atoms with Crippen molar-refractivity contribution in [3.8, 4) is 0 Å². The Morgan fingerprint density at radius 1 is 1.38 bits per heavy atom. The Labute approximate surface area is 130 Å². The molecule has 1 aromatic rings. The van der Waals surface area contributed by atoms with Crippen LogP contribution in [0.2, 0.25) is 0 Å². The molecule has 0 spiro atoms. The van der Waals surface area contributed by atoms with E-state index < -0.39 is 0 Å². The lowest BCUT2D eigenvalue weighted by Gasteiger charge is -2.43. The highest BCUT2D eigenvalue weighted by Crippen LogP contribution is 2.21. The van der Waals surface area contributed by atoms with E-state index in [1.54, 1.807) is 0 Å². The fourth-order valence-corrected chi connectivity index (χ4v) is 3.24. The molecule has 0 aliphatic carbocycles. The number of nitrogens with one attached hydrogen (secondary N) is 1. The van der Waals surface area contributed by atoms with Gasteiger partial charge in [0.2, 0.25) is 0 Å². The van der Waals surface area contributed by atoms with Crippen LogP contribution in [-0.2, 0) is 6.54 Å². The Bertz CT molecular complexity index is 404. The van der Waals surface area contributed by atoms with Gasteiger partial charge >= 0.3 is 0 Å². The largest absolute Gasteiger partial charge is 0.311 e. The van der Waals surface area contributed by atoms with Gasteiger partial charge in [0.25, 0.3) is 0 Å². The highest BCUT2D eigenvalue weighted by molar-refractivity contribution is 5.09. The van der Waals surface area contributed by atoms with Crippen LogP contribution in [0.5, 0.6) is 0 Å². The van der Waals surface area contributed by atoms with Gasteiger partial charge in [-0.2, -0.15) is 0 Å². The number of rotatable bonds is 6. The fourth-order valence-electron chi connectivity index (χ4n) is 3.24. The van der Waals surface area contributed by atoms with Crippen LogP contribution in [0, 0.1) is 11.8 Å². The van der Waals surface area contributed by atoms with Gasteiger partial charge in [0.15, 0.2) is 0 Å². The van der Waals surface area contributed by atoms with E-state index in [1.807, 2.05) is 18.5 Å². The number of pyridine rings is 1. The molecule has 1 aromatic heterocycles. The van der Waals surface area contributed by atoms with Crippen LogP contribution in [0.3, 0.4) is 0 Å². The summed E-state index contributed by atoms with van der Waals surface area (Å²) < 4.78 is 0. The third-order valence-corrected chi connectivity index (χ3v) is 4.75. The van der Waals surface area contributed by atoms with Crippen molar-refractivity contribution >= 4 is 0 Å². The van der Waals surface area contributed by atoms with Crippen molar-refractivity contribution in [2.45, 2.75) is 59.2 Å². The summed E-state index contributed by atoms with van der Waals surface area (Å²) in [5.41, 5.74) is 1.33. The van der Waals surface area contributed by atoms with Crippen LogP contribution in [0.15, 0.2) is 24.5 Å². The predicted octanol–water partition coefficient (Wildman–Crippen LogP) is 3.32. The van der Waals surface area contributed by atoms with Crippen molar-refractivity contribution in [2.24, 2.45) is 11.8 Å². The van der Waals surface area contributed by atoms with Crippen LogP contribution in [-0.4, -0.2) is 35.1 Å². The van der Waals surface area contributed by atoms with E-state index in [1.165, 1.54) is 18.4 Å². The fraction of sp³-hybridized carbons (Fsp3) is 0.722. The van der Waals surface area contributed by atoms with Crippen LogP contribution < -0.4 is 5.32 Å². The lowest BCUT2D eigenvalue weighted by Crippen LogP contribution is -2.58. The molecule has 3 atom stereocenters. The number of nitrogens with zero attached hydrogens (tertiary/aromatic N) is 2. The molecule has 0 aromatic carbocycles. The minimum absolute atomic E-state index is 0.620. The summed E-state index contributed by atoms with van der Waals surface area (Å²) in [6, 6.07) is 5.50. The standard InChI is InChI=1S/C18H31N3/c1-5-15(4)18-13-21(12-16-7-6-8-19-10-16)17(11-20-18)9-14(2)3/h6-8,10,14-15,17-18,20H,5,9,11-13H2,1-4H3. The smallest absolute Gasteiger partial charge is 0.0312 e. The topological polar surface area (TPSA) is 28.2 Å². The van der Waals surface area contributed by atoms with Gasteiger partial charge in [-0.05, 0) is 29.9 Å². The van der Waals surface area contributed by atoms with Gasteiger partial charge < -0.3 is 5.32 Å². The molecule has 2 rings (SSSR count). The number of aromatic nitrogens is 1. The molecule has 1 saturated heterocycles. The SMILES string of the molecule is CCC(C)C1CN(Cc2cccnc2)C(CC(C)C)CN1. The molecule has 0 amide bonds. The molecule has 0 saturated carbocycles. The maximum Gasteiger partial charge on any atom is 0.0312 e. The van der Waals surface area contributed by atoms with Gasteiger partial charge in [-0.3, -0.25) is 9.88 Å². The Balaban J connectivity index is 2.05. The first kappa shape index (κ1) is 16.4. The van der Waals surface area contributed by atoms with Gasteiger partial charge in [-0.15, -0.1) is 0 Å². The molecule has 118 valence electrons. The quantitative estimate of drug-likeness (QED) is 0.871. The van der Waals surface area contributed by atoms with E-state index in [0.29, 0.717) is 12.1 Å². The second kappa shape index (κ2) is 7.90. The Morgan fingerprint density at radius 3 is 2.81 bits per heavy atom. The predicted molar refractivity (Wildman–Crippen MR) is 89.1 cm³/mol. The summed E-state index contributed by atoms with van der Waals surface area (Å²) in [6.45, 7) is 12.6. The minimum Gasteiger partial charge on any atom is -0.311 e. The monoisotopic (exact) mass is 289 g/mol. The number of hydrogen-bond donors (Lipinski definition) is 1. The first-order valence-electron chi connectivity index (χ1n) is 8.46. The Morgan fingerprint density at radius 2 is 2.19 bits per heavy atom. The number of hydrogen-bond acceptors (Lipinski definition) is 3. The molecule has 1 aliphatic rings. The van der Waals surface area contributed by atoms with Crippen molar-refractivity contribution in [1.29, 1.82) is 0 Å². The maximum atomic E-state index is 4.26. The molecular formula is C18H31N3. The lowest BCUT2D eigenvalue weighted by molar-refractivity contribution is 0.0888. The molecule has 2 heterocycles. The molecule has 3 unspecified atom stereocenters. The molecule has 1 aliphatic heterocycles. The minimum atomic E-state index is 0.620. The van der Waals surface area contributed by atoms with Gasteiger partial charge in [-0.1, -0.05) is 40.2 Å². The third kappa shape index (κ3) is 4.79. The second-order valence-electron chi connectivity index (χ2n) is 6.97. The van der Waals surface area contributed by atoms with E-state index in [2.05, 4.69) is 49.0 Å². The second-order valence-corrected chi connectivity index (χ2v) is 6.97. The molecular weight excluding hydrogens is 258 g/mol. The van der Waals surface area contributed by atoms with Gasteiger partial charge in [0, 0.05) is 44.1 Å². The zero-order valence-electron chi connectivity index (χ0n) is 14.0. The van der Waals surface area contributed by atoms with Crippen molar-refractivity contribution in [3.05, 3.63) is 30.1 Å². The summed E-state index contributed by atoms with van der Waals surface area (Å²) in [5.74, 6) is 1.48. The van der Waals surface area contributed by atoms with Crippen LogP contribution in [0.4, 0.5) is 0 Å². The van der Waals surface area contributed by atoms with Crippen LogP contribution >= 0.6 is 0 Å². The van der Waals surface area contributed by atoms with Gasteiger partial charge in [-0.25, -0.2) is 0 Å².